The number of likely N-dealkylation sites (tertiary alicyclic amines) is 1. The monoisotopic (exact) mass is 276 g/mol. The van der Waals surface area contributed by atoms with Gasteiger partial charge in [-0.2, -0.15) is 0 Å². The van der Waals surface area contributed by atoms with Gasteiger partial charge in [-0.05, 0) is 46.4 Å². The van der Waals surface area contributed by atoms with Crippen molar-refractivity contribution in [1.29, 1.82) is 0 Å². The Morgan fingerprint density at radius 3 is 2.61 bits per heavy atom. The molecule has 1 aliphatic rings. The zero-order chi connectivity index (χ0) is 13.6. The van der Waals surface area contributed by atoms with Crippen molar-refractivity contribution in [1.82, 2.24) is 9.80 Å². The molecule has 1 fully saturated rings. The Hall–Kier alpha value is -0.130. The van der Waals surface area contributed by atoms with Crippen molar-refractivity contribution in [2.45, 2.75) is 38.6 Å². The van der Waals surface area contributed by atoms with Crippen LogP contribution >= 0.6 is 0 Å². The molecule has 1 saturated heterocycles. The Morgan fingerprint density at radius 2 is 2.00 bits per heavy atom. The fourth-order valence-corrected chi connectivity index (χ4v) is 3.31. The third kappa shape index (κ3) is 5.67. The maximum absolute atomic E-state index is 11.4. The lowest BCUT2D eigenvalue weighted by Gasteiger charge is -2.33. The molecule has 0 N–H and O–H groups in total. The van der Waals surface area contributed by atoms with Crippen LogP contribution in [-0.4, -0.2) is 69.5 Å². The van der Waals surface area contributed by atoms with Gasteiger partial charge in [-0.15, -0.1) is 0 Å². The van der Waals surface area contributed by atoms with Crippen molar-refractivity contribution in [2.24, 2.45) is 0 Å². The van der Waals surface area contributed by atoms with Gasteiger partial charge in [0.25, 0.3) is 0 Å². The molecule has 1 atom stereocenters. The zero-order valence-corrected chi connectivity index (χ0v) is 12.9. The third-order valence-electron chi connectivity index (χ3n) is 3.99. The molecule has 0 aromatic rings. The smallest absolute Gasteiger partial charge is 0.151 e. The summed E-state index contributed by atoms with van der Waals surface area (Å²) in [5.74, 6) is 0.548. The minimum atomic E-state index is -2.82. The molecule has 4 nitrogen and oxygen atoms in total. The van der Waals surface area contributed by atoms with E-state index in [9.17, 15) is 8.42 Å². The lowest BCUT2D eigenvalue weighted by Crippen LogP contribution is -2.39. The Balaban J connectivity index is 2.22. The second-order valence-corrected chi connectivity index (χ2v) is 7.93. The minimum absolute atomic E-state index is 0.256. The molecule has 0 saturated carbocycles. The topological polar surface area (TPSA) is 40.6 Å². The molecule has 18 heavy (non-hydrogen) atoms. The highest BCUT2D eigenvalue weighted by Gasteiger charge is 2.19. The quantitative estimate of drug-likeness (QED) is 0.701. The van der Waals surface area contributed by atoms with Crippen LogP contribution in [0.5, 0.6) is 0 Å². The Labute approximate surface area is 112 Å². The van der Waals surface area contributed by atoms with Crippen molar-refractivity contribution in [3.8, 4) is 0 Å². The summed E-state index contributed by atoms with van der Waals surface area (Å²) in [5.41, 5.74) is 0. The third-order valence-corrected chi connectivity index (χ3v) is 5.67. The van der Waals surface area contributed by atoms with E-state index in [1.54, 1.807) is 6.92 Å². The van der Waals surface area contributed by atoms with E-state index in [4.69, 9.17) is 0 Å². The Bertz CT molecular complexity index is 330. The normalized spacial score (nSPS) is 22.6. The van der Waals surface area contributed by atoms with E-state index in [-0.39, 0.29) is 5.75 Å². The molecule has 0 unspecified atom stereocenters. The van der Waals surface area contributed by atoms with E-state index in [0.717, 1.165) is 13.0 Å². The van der Waals surface area contributed by atoms with Gasteiger partial charge >= 0.3 is 0 Å². The summed E-state index contributed by atoms with van der Waals surface area (Å²) in [6.07, 6.45) is 5.09. The first-order valence-corrected chi connectivity index (χ1v) is 8.86. The van der Waals surface area contributed by atoms with Gasteiger partial charge in [0.1, 0.15) is 0 Å². The van der Waals surface area contributed by atoms with Crippen LogP contribution in [0.4, 0.5) is 0 Å². The highest BCUT2D eigenvalue weighted by atomic mass is 32.2. The van der Waals surface area contributed by atoms with Gasteiger partial charge in [0.2, 0.25) is 0 Å². The fraction of sp³-hybridized carbons (Fsp3) is 1.00. The molecule has 0 aromatic carbocycles. The highest BCUT2D eigenvalue weighted by Crippen LogP contribution is 2.17. The summed E-state index contributed by atoms with van der Waals surface area (Å²) in [6, 6.07) is 0.684. The molecule has 0 spiro atoms. The van der Waals surface area contributed by atoms with Crippen LogP contribution in [0.1, 0.15) is 32.6 Å². The lowest BCUT2D eigenvalue weighted by molar-refractivity contribution is 0.162. The molecule has 0 aromatic heterocycles. The predicted octanol–water partition coefficient (Wildman–Crippen LogP) is 1.23. The van der Waals surface area contributed by atoms with Crippen molar-refractivity contribution in [2.75, 3.05) is 45.2 Å². The minimum Gasteiger partial charge on any atom is -0.305 e. The van der Waals surface area contributed by atoms with Gasteiger partial charge in [-0.1, -0.05) is 13.3 Å². The molecule has 1 heterocycles. The largest absolute Gasteiger partial charge is 0.305 e. The van der Waals surface area contributed by atoms with Crippen LogP contribution in [0.15, 0.2) is 0 Å². The van der Waals surface area contributed by atoms with Gasteiger partial charge in [0.15, 0.2) is 9.84 Å². The van der Waals surface area contributed by atoms with E-state index in [1.807, 2.05) is 7.05 Å². The maximum atomic E-state index is 11.4. The van der Waals surface area contributed by atoms with E-state index < -0.39 is 9.84 Å². The molecule has 1 rings (SSSR count). The molecule has 0 amide bonds. The van der Waals surface area contributed by atoms with Crippen LogP contribution < -0.4 is 0 Å². The molecule has 5 heteroatoms. The number of hydrogen-bond acceptors (Lipinski definition) is 4. The number of sulfone groups is 1. The molecule has 0 aliphatic carbocycles. The summed E-state index contributed by atoms with van der Waals surface area (Å²) >= 11 is 0. The van der Waals surface area contributed by atoms with Crippen molar-refractivity contribution in [3.63, 3.8) is 0 Å². The van der Waals surface area contributed by atoms with Gasteiger partial charge in [0.05, 0.1) is 5.75 Å². The Morgan fingerprint density at radius 1 is 1.28 bits per heavy atom. The molecular formula is C13H28N2O2S. The van der Waals surface area contributed by atoms with Crippen molar-refractivity contribution in [3.05, 3.63) is 0 Å². The number of nitrogens with zero attached hydrogens (tertiary/aromatic N) is 2. The van der Waals surface area contributed by atoms with E-state index in [1.165, 1.54) is 25.8 Å². The summed E-state index contributed by atoms with van der Waals surface area (Å²) < 4.78 is 22.9. The van der Waals surface area contributed by atoms with Crippen LogP contribution in [0, 0.1) is 0 Å². The molecular weight excluding hydrogens is 248 g/mol. The second-order valence-electron chi connectivity index (χ2n) is 5.46. The first kappa shape index (κ1) is 15.9. The molecule has 0 radical (unpaired) electrons. The van der Waals surface area contributed by atoms with E-state index in [0.29, 0.717) is 18.3 Å². The van der Waals surface area contributed by atoms with E-state index >= 15 is 0 Å². The zero-order valence-electron chi connectivity index (χ0n) is 12.1. The fourth-order valence-electron chi connectivity index (χ4n) is 2.43. The first-order valence-electron chi connectivity index (χ1n) is 7.04. The lowest BCUT2D eigenvalue weighted by atomic mass is 10.00. The van der Waals surface area contributed by atoms with Gasteiger partial charge in [0, 0.05) is 18.3 Å². The van der Waals surface area contributed by atoms with Crippen LogP contribution in [-0.2, 0) is 9.84 Å². The van der Waals surface area contributed by atoms with Crippen LogP contribution in [0.25, 0.3) is 0 Å². The predicted molar refractivity (Wildman–Crippen MR) is 76.7 cm³/mol. The molecule has 0 bridgehead atoms. The SMILES string of the molecule is CCS(=O)(=O)CCN(C)CC[C@@H]1CCCCN1C. The standard InChI is InChI=1S/C13H28N2O2S/c1-4-18(16,17)12-11-14(2)10-8-13-7-5-6-9-15(13)3/h13H,4-12H2,1-3H3/t13-/m0/s1. The van der Waals surface area contributed by atoms with Gasteiger partial charge in [-0.25, -0.2) is 8.42 Å². The van der Waals surface area contributed by atoms with Crippen molar-refractivity contribution < 1.29 is 8.42 Å². The van der Waals surface area contributed by atoms with E-state index in [2.05, 4.69) is 16.8 Å². The second kappa shape index (κ2) is 7.46. The van der Waals surface area contributed by atoms with Crippen LogP contribution in [0.2, 0.25) is 0 Å². The summed E-state index contributed by atoms with van der Waals surface area (Å²) in [7, 11) is 1.40. The summed E-state index contributed by atoms with van der Waals surface area (Å²) in [5, 5.41) is 0. The summed E-state index contributed by atoms with van der Waals surface area (Å²) in [6.45, 7) is 4.58. The van der Waals surface area contributed by atoms with Crippen LogP contribution in [0.3, 0.4) is 0 Å². The average molecular weight is 276 g/mol. The number of rotatable bonds is 7. The highest BCUT2D eigenvalue weighted by molar-refractivity contribution is 7.91. The van der Waals surface area contributed by atoms with Crippen molar-refractivity contribution >= 4 is 9.84 Å². The average Bonchev–Trinajstić information content (AvgIpc) is 2.35. The number of piperidine rings is 1. The summed E-state index contributed by atoms with van der Waals surface area (Å²) in [4.78, 5) is 4.59. The first-order chi connectivity index (χ1) is 8.44. The molecule has 108 valence electrons. The molecule has 1 aliphatic heterocycles. The number of hydrogen-bond donors (Lipinski definition) is 0. The van der Waals surface area contributed by atoms with Gasteiger partial charge < -0.3 is 9.80 Å². The Kier molecular flexibility index (Phi) is 6.60. The van der Waals surface area contributed by atoms with Gasteiger partial charge in [-0.3, -0.25) is 0 Å². The maximum Gasteiger partial charge on any atom is 0.151 e.